The Morgan fingerprint density at radius 3 is 2.32 bits per heavy atom. The first kappa shape index (κ1) is 13.1. The van der Waals surface area contributed by atoms with Crippen LogP contribution in [0, 0.1) is 0 Å². The maximum atomic E-state index is 5.88. The number of nitrogens with two attached hydrogens (primary N) is 1. The summed E-state index contributed by atoms with van der Waals surface area (Å²) in [5.74, 6) is 0.737. The molecule has 0 fully saturated rings. The van der Waals surface area contributed by atoms with Gasteiger partial charge in [-0.15, -0.1) is 0 Å². The molecule has 5 nitrogen and oxygen atoms in total. The lowest BCUT2D eigenvalue weighted by atomic mass is 10.1. The smallest absolute Gasteiger partial charge is 0.316 e. The first-order valence-corrected chi connectivity index (χ1v) is 6.02. The Bertz CT molecular complexity index is 553. The van der Waals surface area contributed by atoms with Gasteiger partial charge in [0.1, 0.15) is 5.75 Å². The van der Waals surface area contributed by atoms with E-state index in [2.05, 4.69) is 9.97 Å². The fourth-order valence-electron chi connectivity index (χ4n) is 1.70. The van der Waals surface area contributed by atoms with Crippen molar-refractivity contribution < 1.29 is 9.47 Å². The molecule has 0 aliphatic rings. The van der Waals surface area contributed by atoms with Crippen molar-refractivity contribution in [1.82, 2.24) is 9.97 Å². The lowest BCUT2D eigenvalue weighted by Crippen LogP contribution is -2.06. The molecule has 0 unspecified atom stereocenters. The van der Waals surface area contributed by atoms with Gasteiger partial charge in [0.2, 0.25) is 0 Å². The molecule has 2 rings (SSSR count). The van der Waals surface area contributed by atoms with Gasteiger partial charge >= 0.3 is 6.01 Å². The van der Waals surface area contributed by atoms with Crippen LogP contribution in [0.1, 0.15) is 13.8 Å². The molecule has 2 aromatic rings. The Morgan fingerprint density at radius 1 is 1.05 bits per heavy atom. The molecule has 5 heteroatoms. The van der Waals surface area contributed by atoms with E-state index in [4.69, 9.17) is 15.2 Å². The highest BCUT2D eigenvalue weighted by molar-refractivity contribution is 5.68. The van der Waals surface area contributed by atoms with Gasteiger partial charge in [0.05, 0.1) is 13.2 Å². The Labute approximate surface area is 112 Å². The number of methoxy groups -OCH3 is 1. The first-order chi connectivity index (χ1) is 9.08. The standard InChI is InChI=1S/C14H17N3O2/c1-9(2)19-13-5-10(4-12(15)6-13)11-7-16-14(18-3)17-8-11/h4-9H,15H2,1-3H3. The zero-order valence-electron chi connectivity index (χ0n) is 11.3. The molecule has 0 radical (unpaired) electrons. The van der Waals surface area contributed by atoms with Crippen molar-refractivity contribution in [3.63, 3.8) is 0 Å². The normalized spacial score (nSPS) is 10.5. The van der Waals surface area contributed by atoms with Gasteiger partial charge in [-0.25, -0.2) is 9.97 Å². The Morgan fingerprint density at radius 2 is 1.74 bits per heavy atom. The Kier molecular flexibility index (Phi) is 3.85. The van der Waals surface area contributed by atoms with Gasteiger partial charge in [0.15, 0.2) is 0 Å². The minimum Gasteiger partial charge on any atom is -0.491 e. The predicted octanol–water partition coefficient (Wildman–Crippen LogP) is 2.52. The molecular formula is C14H17N3O2. The van der Waals surface area contributed by atoms with Crippen LogP contribution in [0.5, 0.6) is 11.8 Å². The lowest BCUT2D eigenvalue weighted by Gasteiger charge is -2.12. The second-order valence-corrected chi connectivity index (χ2v) is 4.42. The SMILES string of the molecule is COc1ncc(-c2cc(N)cc(OC(C)C)c2)cn1. The third-order valence-electron chi connectivity index (χ3n) is 2.44. The number of nitrogen functional groups attached to an aromatic ring is 1. The van der Waals surface area contributed by atoms with Gasteiger partial charge in [-0.1, -0.05) is 0 Å². The molecule has 0 atom stereocenters. The van der Waals surface area contributed by atoms with Crippen LogP contribution in [-0.4, -0.2) is 23.2 Å². The third-order valence-corrected chi connectivity index (χ3v) is 2.44. The molecular weight excluding hydrogens is 242 g/mol. The number of rotatable bonds is 4. The van der Waals surface area contributed by atoms with Gasteiger partial charge in [0, 0.05) is 29.7 Å². The monoisotopic (exact) mass is 259 g/mol. The molecule has 19 heavy (non-hydrogen) atoms. The van der Waals surface area contributed by atoms with Gasteiger partial charge in [-0.2, -0.15) is 0 Å². The quantitative estimate of drug-likeness (QED) is 0.854. The summed E-state index contributed by atoms with van der Waals surface area (Å²) < 4.78 is 10.6. The van der Waals surface area contributed by atoms with Crippen LogP contribution in [0.2, 0.25) is 0 Å². The lowest BCUT2D eigenvalue weighted by molar-refractivity contribution is 0.242. The molecule has 1 aromatic heterocycles. The maximum absolute atomic E-state index is 5.88. The van der Waals surface area contributed by atoms with E-state index in [0.717, 1.165) is 16.9 Å². The number of nitrogens with zero attached hydrogens (tertiary/aromatic N) is 2. The van der Waals surface area contributed by atoms with Gasteiger partial charge in [-0.3, -0.25) is 0 Å². The number of anilines is 1. The summed E-state index contributed by atoms with van der Waals surface area (Å²) >= 11 is 0. The van der Waals surface area contributed by atoms with Gasteiger partial charge in [-0.05, 0) is 31.5 Å². The summed E-state index contributed by atoms with van der Waals surface area (Å²) in [6.45, 7) is 3.94. The zero-order valence-corrected chi connectivity index (χ0v) is 11.3. The van der Waals surface area contributed by atoms with Crippen LogP contribution in [0.4, 0.5) is 5.69 Å². The summed E-state index contributed by atoms with van der Waals surface area (Å²) in [6.07, 6.45) is 3.49. The van der Waals surface area contributed by atoms with E-state index >= 15 is 0 Å². The minimum atomic E-state index is 0.0989. The van der Waals surface area contributed by atoms with E-state index in [1.807, 2.05) is 26.0 Å². The van der Waals surface area contributed by atoms with E-state index in [1.165, 1.54) is 7.11 Å². The molecule has 1 heterocycles. The second-order valence-electron chi connectivity index (χ2n) is 4.42. The largest absolute Gasteiger partial charge is 0.491 e. The van der Waals surface area contributed by atoms with Crippen LogP contribution in [0.25, 0.3) is 11.1 Å². The molecule has 0 saturated heterocycles. The molecule has 0 bridgehead atoms. The highest BCUT2D eigenvalue weighted by Crippen LogP contribution is 2.27. The predicted molar refractivity (Wildman–Crippen MR) is 74.2 cm³/mol. The Balaban J connectivity index is 2.34. The number of aromatic nitrogens is 2. The summed E-state index contributed by atoms with van der Waals surface area (Å²) in [5, 5.41) is 0. The summed E-state index contributed by atoms with van der Waals surface area (Å²) in [4.78, 5) is 8.16. The first-order valence-electron chi connectivity index (χ1n) is 6.02. The van der Waals surface area contributed by atoms with E-state index in [0.29, 0.717) is 11.7 Å². The molecule has 1 aromatic carbocycles. The van der Waals surface area contributed by atoms with Crippen LogP contribution >= 0.6 is 0 Å². The van der Waals surface area contributed by atoms with E-state index in [-0.39, 0.29) is 6.10 Å². The van der Waals surface area contributed by atoms with Crippen molar-refractivity contribution in [2.24, 2.45) is 0 Å². The van der Waals surface area contributed by atoms with Crippen LogP contribution in [-0.2, 0) is 0 Å². The summed E-state index contributed by atoms with van der Waals surface area (Å²) in [6, 6.07) is 5.92. The molecule has 0 amide bonds. The van der Waals surface area contributed by atoms with Crippen molar-refractivity contribution in [2.75, 3.05) is 12.8 Å². The van der Waals surface area contributed by atoms with Crippen molar-refractivity contribution in [2.45, 2.75) is 20.0 Å². The fourth-order valence-corrected chi connectivity index (χ4v) is 1.70. The van der Waals surface area contributed by atoms with E-state index < -0.39 is 0 Å². The van der Waals surface area contributed by atoms with Crippen molar-refractivity contribution in [1.29, 1.82) is 0 Å². The molecule has 0 spiro atoms. The highest BCUT2D eigenvalue weighted by atomic mass is 16.5. The molecule has 0 saturated carbocycles. The second kappa shape index (κ2) is 5.56. The maximum Gasteiger partial charge on any atom is 0.316 e. The number of hydrogen-bond donors (Lipinski definition) is 1. The van der Waals surface area contributed by atoms with Crippen molar-refractivity contribution in [3.05, 3.63) is 30.6 Å². The number of ether oxygens (including phenoxy) is 2. The average molecular weight is 259 g/mol. The zero-order chi connectivity index (χ0) is 13.8. The number of benzene rings is 1. The molecule has 0 aliphatic heterocycles. The van der Waals surface area contributed by atoms with E-state index in [1.54, 1.807) is 18.5 Å². The summed E-state index contributed by atoms with van der Waals surface area (Å²) in [5.41, 5.74) is 8.30. The van der Waals surface area contributed by atoms with Crippen LogP contribution in [0.3, 0.4) is 0 Å². The fraction of sp³-hybridized carbons (Fsp3) is 0.286. The van der Waals surface area contributed by atoms with Gasteiger partial charge in [0.25, 0.3) is 0 Å². The highest BCUT2D eigenvalue weighted by Gasteiger charge is 2.06. The topological polar surface area (TPSA) is 70.3 Å². The van der Waals surface area contributed by atoms with Gasteiger partial charge < -0.3 is 15.2 Å². The van der Waals surface area contributed by atoms with Crippen LogP contribution in [0.15, 0.2) is 30.6 Å². The molecule has 2 N–H and O–H groups in total. The molecule has 100 valence electrons. The summed E-state index contributed by atoms with van der Waals surface area (Å²) in [7, 11) is 1.53. The molecule has 0 aliphatic carbocycles. The van der Waals surface area contributed by atoms with Crippen molar-refractivity contribution >= 4 is 5.69 Å². The van der Waals surface area contributed by atoms with E-state index in [9.17, 15) is 0 Å². The average Bonchev–Trinajstić information content (AvgIpc) is 2.37. The Hall–Kier alpha value is -2.30. The third kappa shape index (κ3) is 3.34. The minimum absolute atomic E-state index is 0.0989. The van der Waals surface area contributed by atoms with Crippen LogP contribution < -0.4 is 15.2 Å². The van der Waals surface area contributed by atoms with Crippen molar-refractivity contribution in [3.8, 4) is 22.9 Å². The number of hydrogen-bond acceptors (Lipinski definition) is 5.